The molecule has 1 atom stereocenters. The Bertz CT molecular complexity index is 984. The first kappa shape index (κ1) is 21.1. The minimum absolute atomic E-state index is 0. The maximum Gasteiger partial charge on any atom is 0.119 e. The van der Waals surface area contributed by atoms with Crippen molar-refractivity contribution in [1.82, 2.24) is 9.55 Å². The average molecular weight is 409 g/mol. The van der Waals surface area contributed by atoms with Gasteiger partial charge in [-0.05, 0) is 30.7 Å². The first-order chi connectivity index (χ1) is 12.6. The molecular weight excluding hydrogens is 390 g/mol. The lowest BCUT2D eigenvalue weighted by Crippen LogP contribution is -2.15. The number of nitriles is 1. The van der Waals surface area contributed by atoms with E-state index in [1.165, 1.54) is 0 Å². The van der Waals surface area contributed by atoms with Gasteiger partial charge in [0.05, 0.1) is 47.2 Å². The Morgan fingerprint density at radius 1 is 1.33 bits per heavy atom. The Morgan fingerprint density at radius 3 is 2.78 bits per heavy atom. The van der Waals surface area contributed by atoms with Crippen LogP contribution in [0.15, 0.2) is 36.7 Å². The fraction of sp³-hybridized carbons (Fsp3) is 0.263. The molecule has 3 rings (SSSR count). The number of aliphatic hydroxyl groups is 1. The molecule has 0 spiro atoms. The van der Waals surface area contributed by atoms with E-state index in [0.717, 1.165) is 0 Å². The van der Waals surface area contributed by atoms with Gasteiger partial charge in [0.1, 0.15) is 6.17 Å². The molecule has 27 heavy (non-hydrogen) atoms. The van der Waals surface area contributed by atoms with Gasteiger partial charge >= 0.3 is 0 Å². The molecule has 0 aliphatic rings. The van der Waals surface area contributed by atoms with Crippen LogP contribution in [0.25, 0.3) is 22.2 Å². The van der Waals surface area contributed by atoms with Gasteiger partial charge in [0, 0.05) is 11.1 Å². The van der Waals surface area contributed by atoms with Gasteiger partial charge in [0.15, 0.2) is 0 Å². The van der Waals surface area contributed by atoms with E-state index >= 15 is 0 Å². The van der Waals surface area contributed by atoms with E-state index in [1.54, 1.807) is 35.2 Å². The number of hydrogen-bond acceptors (Lipinski definition) is 4. The Hall–Kier alpha value is -2.17. The van der Waals surface area contributed by atoms with Gasteiger partial charge in [0.2, 0.25) is 0 Å². The van der Waals surface area contributed by atoms with Crippen molar-refractivity contribution in [2.45, 2.75) is 25.7 Å². The molecule has 0 amide bonds. The zero-order valence-corrected chi connectivity index (χ0v) is 16.0. The van der Waals surface area contributed by atoms with Crippen molar-refractivity contribution in [3.8, 4) is 17.2 Å². The molecule has 0 bridgehead atoms. The van der Waals surface area contributed by atoms with E-state index in [9.17, 15) is 14.8 Å². The van der Waals surface area contributed by atoms with E-state index in [0.29, 0.717) is 38.3 Å². The zero-order chi connectivity index (χ0) is 18.7. The summed E-state index contributed by atoms with van der Waals surface area (Å²) >= 11 is 6.42. The number of alkyl halides is 1. The summed E-state index contributed by atoms with van der Waals surface area (Å²) in [6, 6.07) is 10.8. The number of hydrogen-bond donors (Lipinski definition) is 2. The van der Waals surface area contributed by atoms with Gasteiger partial charge in [-0.1, -0.05) is 29.8 Å². The number of benzene rings is 2. The van der Waals surface area contributed by atoms with Crippen molar-refractivity contribution in [2.24, 2.45) is 5.73 Å². The lowest BCUT2D eigenvalue weighted by atomic mass is 9.99. The number of fused-ring (bicyclic) bond motifs is 1. The van der Waals surface area contributed by atoms with Gasteiger partial charge in [-0.15, -0.1) is 12.4 Å². The first-order valence-electron chi connectivity index (χ1n) is 8.20. The van der Waals surface area contributed by atoms with Crippen LogP contribution in [0.2, 0.25) is 5.02 Å². The van der Waals surface area contributed by atoms with Crippen molar-refractivity contribution in [2.75, 3.05) is 6.54 Å². The maximum atomic E-state index is 14.0. The summed E-state index contributed by atoms with van der Waals surface area (Å²) in [7, 11) is 0. The highest BCUT2D eigenvalue weighted by Crippen LogP contribution is 2.35. The summed E-state index contributed by atoms with van der Waals surface area (Å²) in [5.74, 6) is 0. The van der Waals surface area contributed by atoms with Crippen LogP contribution < -0.4 is 5.73 Å². The Balaban J connectivity index is 0.00000261. The highest BCUT2D eigenvalue weighted by Gasteiger charge is 2.17. The van der Waals surface area contributed by atoms with Crippen molar-refractivity contribution in [3.63, 3.8) is 0 Å². The molecule has 0 radical (unpaired) electrons. The highest BCUT2D eigenvalue weighted by atomic mass is 35.5. The number of halogens is 3. The Morgan fingerprint density at radius 2 is 2.11 bits per heavy atom. The van der Waals surface area contributed by atoms with Crippen molar-refractivity contribution in [1.29, 1.82) is 5.26 Å². The zero-order valence-electron chi connectivity index (χ0n) is 14.4. The molecule has 0 fully saturated rings. The summed E-state index contributed by atoms with van der Waals surface area (Å²) in [6.45, 7) is 0.198. The normalized spacial score (nSPS) is 11.8. The van der Waals surface area contributed by atoms with E-state index in [-0.39, 0.29) is 38.5 Å². The smallest absolute Gasteiger partial charge is 0.119 e. The molecule has 1 unspecified atom stereocenters. The third-order valence-electron chi connectivity index (χ3n) is 4.27. The number of imidazole rings is 1. The van der Waals surface area contributed by atoms with Gasteiger partial charge in [-0.25, -0.2) is 9.37 Å². The second-order valence-corrected chi connectivity index (χ2v) is 6.39. The Kier molecular flexibility index (Phi) is 7.17. The molecule has 0 aliphatic heterocycles. The first-order valence-corrected chi connectivity index (χ1v) is 8.58. The maximum absolute atomic E-state index is 14.0. The molecule has 3 aromatic rings. The monoisotopic (exact) mass is 408 g/mol. The molecular formula is C19H19Cl2FN4O. The molecule has 0 aliphatic carbocycles. The predicted octanol–water partition coefficient (Wildman–Crippen LogP) is 3.83. The number of aliphatic hydroxyl groups excluding tert-OH is 1. The minimum Gasteiger partial charge on any atom is -0.392 e. The molecule has 3 N–H and O–H groups in total. The fourth-order valence-electron chi connectivity index (χ4n) is 2.97. The summed E-state index contributed by atoms with van der Waals surface area (Å²) in [4.78, 5) is 4.41. The second-order valence-electron chi connectivity index (χ2n) is 6.01. The Labute approximate surface area is 167 Å². The quantitative estimate of drug-likeness (QED) is 0.648. The van der Waals surface area contributed by atoms with E-state index in [2.05, 4.69) is 11.1 Å². The fourth-order valence-corrected chi connectivity index (χ4v) is 3.26. The lowest BCUT2D eigenvalue weighted by Gasteiger charge is -2.11. The van der Waals surface area contributed by atoms with E-state index in [1.807, 2.05) is 6.07 Å². The number of aromatic nitrogens is 2. The third kappa shape index (κ3) is 4.23. The summed E-state index contributed by atoms with van der Waals surface area (Å²) in [5.41, 5.74) is 9.06. The molecule has 2 aromatic carbocycles. The van der Waals surface area contributed by atoms with Crippen LogP contribution in [0.1, 0.15) is 17.5 Å². The topological polar surface area (TPSA) is 87.9 Å². The second kappa shape index (κ2) is 9.16. The van der Waals surface area contributed by atoms with Crippen LogP contribution in [-0.4, -0.2) is 27.4 Å². The van der Waals surface area contributed by atoms with Gasteiger partial charge in [0.25, 0.3) is 0 Å². The molecule has 0 saturated carbocycles. The van der Waals surface area contributed by atoms with Crippen LogP contribution in [0, 0.1) is 11.3 Å². The van der Waals surface area contributed by atoms with Crippen LogP contribution in [0.4, 0.5) is 4.39 Å². The van der Waals surface area contributed by atoms with Gasteiger partial charge in [-0.2, -0.15) is 5.26 Å². The predicted molar refractivity (Wildman–Crippen MR) is 107 cm³/mol. The average Bonchev–Trinajstić information content (AvgIpc) is 3.04. The van der Waals surface area contributed by atoms with Crippen LogP contribution in [0.3, 0.4) is 0 Å². The van der Waals surface area contributed by atoms with Crippen LogP contribution >= 0.6 is 24.0 Å². The van der Waals surface area contributed by atoms with Crippen LogP contribution in [-0.2, 0) is 13.2 Å². The lowest BCUT2D eigenvalue weighted by molar-refractivity contribution is 0.282. The molecule has 5 nitrogen and oxygen atoms in total. The standard InChI is InChI=1S/C19H18ClFN4O.ClH/c20-18-13(10-26)2-1-3-15(18)16-6-12(8-23)7-17-19(16)24-11-25(17)9-14(21)4-5-22;/h1-3,6-7,11,14,26H,4-5,9-10,22H2;1H. The summed E-state index contributed by atoms with van der Waals surface area (Å²) < 4.78 is 15.7. The molecule has 1 aromatic heterocycles. The van der Waals surface area contributed by atoms with E-state index in [4.69, 9.17) is 17.3 Å². The van der Waals surface area contributed by atoms with Gasteiger partial charge < -0.3 is 15.4 Å². The summed E-state index contributed by atoms with van der Waals surface area (Å²) in [5, 5.41) is 19.2. The minimum atomic E-state index is -1.09. The SMILES string of the molecule is Cl.N#Cc1cc(-c2cccc(CO)c2Cl)c2ncn(CC(F)CCN)c2c1. The third-order valence-corrected chi connectivity index (χ3v) is 4.71. The number of nitrogens with zero attached hydrogens (tertiary/aromatic N) is 3. The molecule has 142 valence electrons. The van der Waals surface area contributed by atoms with Crippen LogP contribution in [0.5, 0.6) is 0 Å². The largest absolute Gasteiger partial charge is 0.392 e. The molecule has 1 heterocycles. The van der Waals surface area contributed by atoms with Crippen molar-refractivity contribution < 1.29 is 9.50 Å². The summed E-state index contributed by atoms with van der Waals surface area (Å²) in [6.07, 6.45) is 0.727. The molecule has 8 heteroatoms. The van der Waals surface area contributed by atoms with E-state index < -0.39 is 6.17 Å². The van der Waals surface area contributed by atoms with Gasteiger partial charge in [-0.3, -0.25) is 0 Å². The van der Waals surface area contributed by atoms with Crippen molar-refractivity contribution in [3.05, 3.63) is 52.8 Å². The number of nitrogens with two attached hydrogens (primary N) is 1. The highest BCUT2D eigenvalue weighted by molar-refractivity contribution is 6.34. The number of rotatable bonds is 6. The van der Waals surface area contributed by atoms with Crippen molar-refractivity contribution >= 4 is 35.0 Å². The molecule has 0 saturated heterocycles.